The van der Waals surface area contributed by atoms with E-state index < -0.39 is 0 Å². The van der Waals surface area contributed by atoms with Gasteiger partial charge in [0, 0.05) is 0 Å². The van der Waals surface area contributed by atoms with Crippen molar-refractivity contribution in [2.75, 3.05) is 5.73 Å². The van der Waals surface area contributed by atoms with Gasteiger partial charge in [0.05, 0.1) is 11.1 Å². The quantitative estimate of drug-likeness (QED) is 0.931. The van der Waals surface area contributed by atoms with Crippen LogP contribution in [0, 0.1) is 18.3 Å². The third kappa shape index (κ3) is 2.47. The molecule has 2 rings (SSSR count). The van der Waals surface area contributed by atoms with Gasteiger partial charge in [0.2, 0.25) is 0 Å². The Hall–Kier alpha value is -2.41. The first-order valence-electron chi connectivity index (χ1n) is 7.19. The second-order valence-corrected chi connectivity index (χ2v) is 5.16. The highest BCUT2D eigenvalue weighted by molar-refractivity contribution is 5.51. The van der Waals surface area contributed by atoms with Crippen LogP contribution in [-0.4, -0.2) is 9.97 Å². The Balaban J connectivity index is 2.68. The molecule has 1 aromatic carbocycles. The van der Waals surface area contributed by atoms with Crippen molar-refractivity contribution in [3.8, 4) is 6.07 Å². The largest absolute Gasteiger partial charge is 0.382 e. The van der Waals surface area contributed by atoms with Crippen LogP contribution in [0.25, 0.3) is 0 Å². The lowest BCUT2D eigenvalue weighted by molar-refractivity contribution is 0.448. The highest BCUT2D eigenvalue weighted by Crippen LogP contribution is 2.37. The van der Waals surface area contributed by atoms with Crippen LogP contribution in [0.15, 0.2) is 30.3 Å². The summed E-state index contributed by atoms with van der Waals surface area (Å²) in [5.74, 6) is 0.968. The van der Waals surface area contributed by atoms with Crippen LogP contribution in [0.2, 0.25) is 0 Å². The zero-order valence-corrected chi connectivity index (χ0v) is 12.7. The van der Waals surface area contributed by atoms with Crippen LogP contribution in [-0.2, 0) is 5.41 Å². The fourth-order valence-electron chi connectivity index (χ4n) is 2.81. The molecule has 1 heterocycles. The van der Waals surface area contributed by atoms with Crippen LogP contribution < -0.4 is 5.73 Å². The monoisotopic (exact) mass is 280 g/mol. The molecule has 0 atom stereocenters. The minimum absolute atomic E-state index is 0.266. The number of benzene rings is 1. The summed E-state index contributed by atoms with van der Waals surface area (Å²) in [6.45, 7) is 6.06. The highest BCUT2D eigenvalue weighted by atomic mass is 15.0. The molecule has 0 radical (unpaired) electrons. The molecule has 0 bridgehead atoms. The van der Waals surface area contributed by atoms with Crippen molar-refractivity contribution in [3.05, 3.63) is 53.0 Å². The molecule has 0 aliphatic heterocycles. The summed E-state index contributed by atoms with van der Waals surface area (Å²) in [6, 6.07) is 12.3. The van der Waals surface area contributed by atoms with E-state index in [2.05, 4.69) is 42.0 Å². The van der Waals surface area contributed by atoms with E-state index in [0.29, 0.717) is 17.1 Å². The molecule has 4 nitrogen and oxygen atoms in total. The van der Waals surface area contributed by atoms with Crippen molar-refractivity contribution >= 4 is 5.82 Å². The SMILES string of the molecule is CCC(CC)(c1ccccc1)c1nc(C)c(C#N)c(N)n1. The second kappa shape index (κ2) is 5.92. The molecule has 0 aliphatic rings. The van der Waals surface area contributed by atoms with Gasteiger partial charge >= 0.3 is 0 Å². The fourth-order valence-corrected chi connectivity index (χ4v) is 2.81. The number of aromatic nitrogens is 2. The van der Waals surface area contributed by atoms with Crippen LogP contribution in [0.1, 0.15) is 49.3 Å². The lowest BCUT2D eigenvalue weighted by Gasteiger charge is -2.31. The number of nitrogen functional groups attached to an aromatic ring is 1. The molecule has 2 N–H and O–H groups in total. The maximum atomic E-state index is 9.11. The van der Waals surface area contributed by atoms with E-state index in [-0.39, 0.29) is 11.2 Å². The Labute approximate surface area is 125 Å². The molecular formula is C17H20N4. The maximum absolute atomic E-state index is 9.11. The first-order chi connectivity index (χ1) is 10.1. The lowest BCUT2D eigenvalue weighted by Crippen LogP contribution is -2.29. The van der Waals surface area contributed by atoms with Crippen LogP contribution >= 0.6 is 0 Å². The Morgan fingerprint density at radius 1 is 1.14 bits per heavy atom. The summed E-state index contributed by atoms with van der Waals surface area (Å²) < 4.78 is 0. The molecule has 0 saturated carbocycles. The first kappa shape index (κ1) is 15.0. The summed E-state index contributed by atoms with van der Waals surface area (Å²) in [5.41, 5.74) is 7.86. The number of hydrogen-bond donors (Lipinski definition) is 1. The van der Waals surface area contributed by atoms with Crippen molar-refractivity contribution < 1.29 is 0 Å². The second-order valence-electron chi connectivity index (χ2n) is 5.16. The van der Waals surface area contributed by atoms with E-state index in [0.717, 1.165) is 12.8 Å². The van der Waals surface area contributed by atoms with Gasteiger partial charge in [-0.3, -0.25) is 0 Å². The van der Waals surface area contributed by atoms with Gasteiger partial charge in [-0.15, -0.1) is 0 Å². The van der Waals surface area contributed by atoms with E-state index in [1.165, 1.54) is 5.56 Å². The van der Waals surface area contributed by atoms with E-state index in [9.17, 15) is 0 Å². The smallest absolute Gasteiger partial charge is 0.145 e. The zero-order chi connectivity index (χ0) is 15.5. The van der Waals surface area contributed by atoms with Gasteiger partial charge in [-0.25, -0.2) is 9.97 Å². The molecule has 2 aromatic rings. The number of nitriles is 1. The van der Waals surface area contributed by atoms with Crippen molar-refractivity contribution in [3.63, 3.8) is 0 Å². The van der Waals surface area contributed by atoms with Gasteiger partial charge in [0.15, 0.2) is 0 Å². The van der Waals surface area contributed by atoms with Gasteiger partial charge < -0.3 is 5.73 Å². The molecule has 108 valence electrons. The lowest BCUT2D eigenvalue weighted by atomic mass is 9.75. The van der Waals surface area contributed by atoms with Crippen molar-refractivity contribution in [1.29, 1.82) is 5.26 Å². The fraction of sp³-hybridized carbons (Fsp3) is 0.353. The standard InChI is InChI=1S/C17H20N4/c1-4-17(5-2,13-9-7-6-8-10-13)16-20-12(3)14(11-18)15(19)21-16/h6-10H,4-5H2,1-3H3,(H2,19,20,21). The maximum Gasteiger partial charge on any atom is 0.145 e. The van der Waals surface area contributed by atoms with Crippen molar-refractivity contribution in [2.24, 2.45) is 0 Å². The van der Waals surface area contributed by atoms with Crippen LogP contribution in [0.3, 0.4) is 0 Å². The predicted octanol–water partition coefficient (Wildman–Crippen LogP) is 3.35. The molecule has 0 fully saturated rings. The predicted molar refractivity (Wildman–Crippen MR) is 83.7 cm³/mol. The molecule has 0 unspecified atom stereocenters. The average molecular weight is 280 g/mol. The topological polar surface area (TPSA) is 75.6 Å². The molecule has 0 amide bonds. The number of rotatable bonds is 4. The van der Waals surface area contributed by atoms with E-state index in [4.69, 9.17) is 11.0 Å². The summed E-state index contributed by atoms with van der Waals surface area (Å²) in [7, 11) is 0. The Kier molecular flexibility index (Phi) is 4.23. The number of nitrogens with zero attached hydrogens (tertiary/aromatic N) is 3. The molecular weight excluding hydrogens is 260 g/mol. The van der Waals surface area contributed by atoms with E-state index in [1.807, 2.05) is 18.2 Å². The third-order valence-electron chi connectivity index (χ3n) is 4.19. The summed E-state index contributed by atoms with van der Waals surface area (Å²) in [5, 5.41) is 9.11. The van der Waals surface area contributed by atoms with Gasteiger partial charge in [0.25, 0.3) is 0 Å². The minimum atomic E-state index is -0.270. The molecule has 1 aromatic heterocycles. The Bertz CT molecular complexity index is 644. The van der Waals surface area contributed by atoms with E-state index >= 15 is 0 Å². The van der Waals surface area contributed by atoms with Gasteiger partial charge in [-0.05, 0) is 25.3 Å². The molecule has 21 heavy (non-hydrogen) atoms. The zero-order valence-electron chi connectivity index (χ0n) is 12.7. The van der Waals surface area contributed by atoms with Gasteiger partial charge in [0.1, 0.15) is 23.3 Å². The summed E-state index contributed by atoms with van der Waals surface area (Å²) >= 11 is 0. The summed E-state index contributed by atoms with van der Waals surface area (Å²) in [6.07, 6.45) is 1.75. The number of aryl methyl sites for hydroxylation is 1. The number of anilines is 1. The molecule has 0 saturated heterocycles. The molecule has 4 heteroatoms. The molecule has 0 aliphatic carbocycles. The van der Waals surface area contributed by atoms with E-state index in [1.54, 1.807) is 6.92 Å². The van der Waals surface area contributed by atoms with Crippen molar-refractivity contribution in [1.82, 2.24) is 9.97 Å². The minimum Gasteiger partial charge on any atom is -0.382 e. The normalized spacial score (nSPS) is 11.1. The number of hydrogen-bond acceptors (Lipinski definition) is 4. The van der Waals surface area contributed by atoms with Gasteiger partial charge in [-0.1, -0.05) is 44.2 Å². The number of nitrogens with two attached hydrogens (primary N) is 1. The third-order valence-corrected chi connectivity index (χ3v) is 4.19. The van der Waals surface area contributed by atoms with Crippen LogP contribution in [0.5, 0.6) is 0 Å². The Morgan fingerprint density at radius 2 is 1.76 bits per heavy atom. The average Bonchev–Trinajstić information content (AvgIpc) is 2.50. The highest BCUT2D eigenvalue weighted by Gasteiger charge is 2.34. The summed E-state index contributed by atoms with van der Waals surface area (Å²) in [4.78, 5) is 9.02. The first-order valence-corrected chi connectivity index (χ1v) is 7.19. The van der Waals surface area contributed by atoms with Crippen LogP contribution in [0.4, 0.5) is 5.82 Å². The molecule has 0 spiro atoms. The Morgan fingerprint density at radius 3 is 2.24 bits per heavy atom. The van der Waals surface area contributed by atoms with Crippen molar-refractivity contribution in [2.45, 2.75) is 39.0 Å². The van der Waals surface area contributed by atoms with Gasteiger partial charge in [-0.2, -0.15) is 5.26 Å².